The third kappa shape index (κ3) is 3.92. The van der Waals surface area contributed by atoms with E-state index in [1.165, 1.54) is 11.3 Å². The molecule has 3 unspecified atom stereocenters. The van der Waals surface area contributed by atoms with Crippen LogP contribution in [0.1, 0.15) is 37.3 Å². The highest BCUT2D eigenvalue weighted by molar-refractivity contribution is 5.98. The molecule has 1 fully saturated rings. The number of hydrogen-bond acceptors (Lipinski definition) is 3. The number of amidine groups is 1. The molecule has 4 heteroatoms. The maximum atomic E-state index is 11.5. The number of fused-ring (bicyclic) bond motifs is 1. The summed E-state index contributed by atoms with van der Waals surface area (Å²) in [5.74, 6) is 1.22. The third-order valence-electron chi connectivity index (χ3n) is 5.95. The molecule has 0 spiro atoms. The Balaban J connectivity index is 1.47. The summed E-state index contributed by atoms with van der Waals surface area (Å²) in [6, 6.07) is 18.7. The summed E-state index contributed by atoms with van der Waals surface area (Å²) in [7, 11) is 0. The summed E-state index contributed by atoms with van der Waals surface area (Å²) in [4.78, 5) is 4.95. The summed E-state index contributed by atoms with van der Waals surface area (Å²) in [5.41, 5.74) is 2.79. The maximum absolute atomic E-state index is 11.5. The Morgan fingerprint density at radius 2 is 1.89 bits per heavy atom. The molecule has 0 aliphatic carbocycles. The van der Waals surface area contributed by atoms with Gasteiger partial charge in [0.1, 0.15) is 5.84 Å². The second kappa shape index (κ2) is 7.83. The van der Waals surface area contributed by atoms with Gasteiger partial charge in [-0.3, -0.25) is 4.99 Å². The van der Waals surface area contributed by atoms with E-state index in [9.17, 15) is 5.11 Å². The smallest absolute Gasteiger partial charge is 0.101 e. The van der Waals surface area contributed by atoms with Gasteiger partial charge in [0.25, 0.3) is 0 Å². The van der Waals surface area contributed by atoms with Crippen molar-refractivity contribution in [2.75, 3.05) is 18.4 Å². The van der Waals surface area contributed by atoms with Gasteiger partial charge in [0.15, 0.2) is 0 Å². The van der Waals surface area contributed by atoms with Gasteiger partial charge in [-0.2, -0.15) is 0 Å². The lowest BCUT2D eigenvalue weighted by atomic mass is 9.74. The molecule has 27 heavy (non-hydrogen) atoms. The van der Waals surface area contributed by atoms with Gasteiger partial charge >= 0.3 is 0 Å². The monoisotopic (exact) mass is 363 g/mol. The van der Waals surface area contributed by atoms with Crippen molar-refractivity contribution < 1.29 is 5.11 Å². The summed E-state index contributed by atoms with van der Waals surface area (Å²) in [6.45, 7) is 3.84. The summed E-state index contributed by atoms with van der Waals surface area (Å²) in [5, 5.41) is 18.4. The zero-order valence-electron chi connectivity index (χ0n) is 16.0. The molecule has 1 saturated heterocycles. The van der Waals surface area contributed by atoms with Gasteiger partial charge in [-0.1, -0.05) is 48.5 Å². The van der Waals surface area contributed by atoms with Crippen LogP contribution in [-0.2, 0) is 12.0 Å². The van der Waals surface area contributed by atoms with Crippen molar-refractivity contribution in [2.24, 2.45) is 10.9 Å². The van der Waals surface area contributed by atoms with Crippen LogP contribution in [0.5, 0.6) is 0 Å². The Morgan fingerprint density at radius 3 is 2.74 bits per heavy atom. The average Bonchev–Trinajstić information content (AvgIpc) is 2.70. The number of anilines is 1. The highest BCUT2D eigenvalue weighted by Gasteiger charge is 2.40. The minimum atomic E-state index is -0.770. The molecular weight excluding hydrogens is 334 g/mol. The van der Waals surface area contributed by atoms with E-state index in [4.69, 9.17) is 4.99 Å². The Bertz CT molecular complexity index is 804. The molecule has 3 atom stereocenters. The van der Waals surface area contributed by atoms with Crippen molar-refractivity contribution in [3.63, 3.8) is 0 Å². The fourth-order valence-corrected chi connectivity index (χ4v) is 4.47. The van der Waals surface area contributed by atoms with E-state index < -0.39 is 5.60 Å². The number of para-hydroxylation sites is 1. The predicted octanol–water partition coefficient (Wildman–Crippen LogP) is 3.72. The molecule has 3 N–H and O–H groups in total. The molecule has 4 rings (SSSR count). The van der Waals surface area contributed by atoms with Crippen molar-refractivity contribution in [3.05, 3.63) is 65.7 Å². The van der Waals surface area contributed by atoms with Crippen molar-refractivity contribution in [3.8, 4) is 0 Å². The van der Waals surface area contributed by atoms with Crippen LogP contribution in [-0.4, -0.2) is 30.1 Å². The molecule has 0 saturated carbocycles. The Hall–Kier alpha value is -2.17. The number of piperidine rings is 1. The first-order valence-corrected chi connectivity index (χ1v) is 10.1. The SMILES string of the molecule is CC(CC1CNCCC1(O)c1ccccc1)N=C1CCc2ccccc2N1. The molecule has 0 bridgehead atoms. The number of aryl methyl sites for hydroxylation is 1. The zero-order valence-corrected chi connectivity index (χ0v) is 16.0. The van der Waals surface area contributed by atoms with Crippen LogP contribution in [0.2, 0.25) is 0 Å². The lowest BCUT2D eigenvalue weighted by Gasteiger charge is -2.41. The van der Waals surface area contributed by atoms with Crippen LogP contribution in [0.3, 0.4) is 0 Å². The van der Waals surface area contributed by atoms with Gasteiger partial charge in [-0.05, 0) is 49.9 Å². The Kier molecular flexibility index (Phi) is 5.28. The van der Waals surface area contributed by atoms with Crippen LogP contribution in [0, 0.1) is 5.92 Å². The molecule has 2 aromatic carbocycles. The molecule has 2 heterocycles. The molecule has 2 aliphatic rings. The number of nitrogens with zero attached hydrogens (tertiary/aromatic N) is 1. The number of aliphatic imine (C=N–C) groups is 1. The number of hydrogen-bond donors (Lipinski definition) is 3. The average molecular weight is 364 g/mol. The third-order valence-corrected chi connectivity index (χ3v) is 5.95. The lowest BCUT2D eigenvalue weighted by molar-refractivity contribution is -0.0512. The van der Waals surface area contributed by atoms with Crippen molar-refractivity contribution in [2.45, 2.75) is 44.2 Å². The van der Waals surface area contributed by atoms with E-state index in [0.29, 0.717) is 0 Å². The Morgan fingerprint density at radius 1 is 1.11 bits per heavy atom. The molecule has 0 radical (unpaired) electrons. The zero-order chi connectivity index (χ0) is 18.7. The second-order valence-electron chi connectivity index (χ2n) is 7.88. The highest BCUT2D eigenvalue weighted by Crippen LogP contribution is 2.38. The van der Waals surface area contributed by atoms with Crippen LogP contribution in [0.25, 0.3) is 0 Å². The topological polar surface area (TPSA) is 56.6 Å². The number of nitrogens with one attached hydrogen (secondary N) is 2. The molecule has 2 aromatic rings. The molecule has 2 aliphatic heterocycles. The first-order chi connectivity index (χ1) is 13.1. The number of rotatable bonds is 4. The standard InChI is InChI=1S/C23H29N3O/c1-17(25-22-12-11-18-7-5-6-10-21(18)26-22)15-20-16-24-14-13-23(20,27)19-8-3-2-4-9-19/h2-10,17,20,24,27H,11-16H2,1H3,(H,25,26). The first-order valence-electron chi connectivity index (χ1n) is 10.1. The van der Waals surface area contributed by atoms with E-state index in [-0.39, 0.29) is 12.0 Å². The van der Waals surface area contributed by atoms with Gasteiger partial charge in [0, 0.05) is 30.6 Å². The summed E-state index contributed by atoms with van der Waals surface area (Å²) in [6.07, 6.45) is 3.60. The van der Waals surface area contributed by atoms with Crippen LogP contribution < -0.4 is 10.6 Å². The van der Waals surface area contributed by atoms with Gasteiger partial charge in [-0.25, -0.2) is 0 Å². The molecule has 142 valence electrons. The minimum Gasteiger partial charge on any atom is -0.385 e. The van der Waals surface area contributed by atoms with Gasteiger partial charge in [0.2, 0.25) is 0 Å². The van der Waals surface area contributed by atoms with Crippen molar-refractivity contribution in [1.29, 1.82) is 0 Å². The number of benzene rings is 2. The Labute approximate surface area is 161 Å². The van der Waals surface area contributed by atoms with Crippen LogP contribution in [0.15, 0.2) is 59.6 Å². The normalized spacial score (nSPS) is 27.6. The minimum absolute atomic E-state index is 0.156. The molecule has 0 amide bonds. The maximum Gasteiger partial charge on any atom is 0.101 e. The number of aliphatic hydroxyl groups is 1. The van der Waals surface area contributed by atoms with E-state index >= 15 is 0 Å². The molecule has 4 nitrogen and oxygen atoms in total. The van der Waals surface area contributed by atoms with Gasteiger partial charge in [-0.15, -0.1) is 0 Å². The fraction of sp³-hybridized carbons (Fsp3) is 0.435. The van der Waals surface area contributed by atoms with Crippen LogP contribution in [0.4, 0.5) is 5.69 Å². The molecular formula is C23H29N3O. The summed E-state index contributed by atoms with van der Waals surface area (Å²) >= 11 is 0. The quantitative estimate of drug-likeness (QED) is 0.776. The lowest BCUT2D eigenvalue weighted by Crippen LogP contribution is -2.49. The van der Waals surface area contributed by atoms with E-state index in [1.54, 1.807) is 0 Å². The second-order valence-corrected chi connectivity index (χ2v) is 7.88. The van der Waals surface area contributed by atoms with E-state index in [1.807, 2.05) is 18.2 Å². The highest BCUT2D eigenvalue weighted by atomic mass is 16.3. The largest absolute Gasteiger partial charge is 0.385 e. The van der Waals surface area contributed by atoms with Crippen LogP contribution >= 0.6 is 0 Å². The van der Waals surface area contributed by atoms with Crippen molar-refractivity contribution in [1.82, 2.24) is 5.32 Å². The van der Waals surface area contributed by atoms with Gasteiger partial charge < -0.3 is 15.7 Å². The molecule has 0 aromatic heterocycles. The van der Waals surface area contributed by atoms with Gasteiger partial charge in [0.05, 0.1) is 5.60 Å². The first kappa shape index (κ1) is 18.2. The summed E-state index contributed by atoms with van der Waals surface area (Å²) < 4.78 is 0. The fourth-order valence-electron chi connectivity index (χ4n) is 4.47. The van der Waals surface area contributed by atoms with E-state index in [0.717, 1.165) is 50.2 Å². The van der Waals surface area contributed by atoms with E-state index in [2.05, 4.69) is 54.0 Å². The predicted molar refractivity (Wildman–Crippen MR) is 111 cm³/mol. The van der Waals surface area contributed by atoms with Crippen molar-refractivity contribution >= 4 is 11.5 Å².